The van der Waals surface area contributed by atoms with Crippen LogP contribution in [-0.2, 0) is 24.8 Å². The molecule has 0 bridgehead atoms. The van der Waals surface area contributed by atoms with Crippen molar-refractivity contribution in [1.82, 2.24) is 9.62 Å². The van der Waals surface area contributed by atoms with Gasteiger partial charge in [0.05, 0.1) is 15.5 Å². The lowest BCUT2D eigenvalue weighted by Crippen LogP contribution is -2.43. The number of amides is 1. The minimum absolute atomic E-state index is 0.0494. The van der Waals surface area contributed by atoms with E-state index in [4.69, 9.17) is 4.74 Å². The SMILES string of the molecule is Cc1ccc(N(C)S(=O)(=O)c2cccc(S(=O)(=O)NCC3CCN(C(=O)OC(C)(C)C)CC3)c2C)cc1. The maximum atomic E-state index is 13.4. The normalized spacial score (nSPS) is 15.5. The average Bonchev–Trinajstić information content (AvgIpc) is 2.82. The summed E-state index contributed by atoms with van der Waals surface area (Å²) in [4.78, 5) is 13.8. The minimum Gasteiger partial charge on any atom is -0.444 e. The van der Waals surface area contributed by atoms with Gasteiger partial charge in [0.2, 0.25) is 10.0 Å². The number of likely N-dealkylation sites (tertiary alicyclic amines) is 1. The van der Waals surface area contributed by atoms with Gasteiger partial charge < -0.3 is 9.64 Å². The second-order valence-electron chi connectivity index (χ2n) is 10.5. The Kier molecular flexibility index (Phi) is 8.60. The molecule has 0 radical (unpaired) electrons. The molecule has 1 saturated heterocycles. The number of hydrogen-bond acceptors (Lipinski definition) is 6. The fraction of sp³-hybridized carbons (Fsp3) is 0.500. The van der Waals surface area contributed by atoms with Crippen molar-refractivity contribution in [3.8, 4) is 0 Å². The molecule has 1 heterocycles. The molecule has 1 amide bonds. The van der Waals surface area contributed by atoms with Crippen LogP contribution in [0.5, 0.6) is 0 Å². The predicted octanol–water partition coefficient (Wildman–Crippen LogP) is 4.05. The first-order chi connectivity index (χ1) is 17.1. The number of sulfonamides is 2. The number of ether oxygens (including phenoxy) is 1. The van der Waals surface area contributed by atoms with Crippen molar-refractivity contribution in [3.05, 3.63) is 53.6 Å². The van der Waals surface area contributed by atoms with Crippen molar-refractivity contribution in [2.24, 2.45) is 5.92 Å². The van der Waals surface area contributed by atoms with Crippen LogP contribution in [0, 0.1) is 19.8 Å². The van der Waals surface area contributed by atoms with Gasteiger partial charge in [-0.25, -0.2) is 26.4 Å². The van der Waals surface area contributed by atoms with Crippen molar-refractivity contribution >= 4 is 31.8 Å². The van der Waals surface area contributed by atoms with Crippen LogP contribution in [0.25, 0.3) is 0 Å². The Morgan fingerprint density at radius 3 is 2.14 bits per heavy atom. The molecule has 9 nitrogen and oxygen atoms in total. The van der Waals surface area contributed by atoms with E-state index >= 15 is 0 Å². The van der Waals surface area contributed by atoms with Crippen LogP contribution in [0.2, 0.25) is 0 Å². The molecule has 0 unspecified atom stereocenters. The molecule has 0 saturated carbocycles. The molecule has 0 aliphatic carbocycles. The zero-order chi connectivity index (χ0) is 27.6. The van der Waals surface area contributed by atoms with E-state index in [1.54, 1.807) is 17.0 Å². The van der Waals surface area contributed by atoms with Crippen molar-refractivity contribution in [2.45, 2.75) is 62.9 Å². The Hall–Kier alpha value is -2.63. The molecule has 3 rings (SSSR count). The highest BCUT2D eigenvalue weighted by Gasteiger charge is 2.30. The molecule has 2 aromatic rings. The Morgan fingerprint density at radius 2 is 1.57 bits per heavy atom. The first kappa shape index (κ1) is 28.9. The zero-order valence-electron chi connectivity index (χ0n) is 22.3. The van der Waals surface area contributed by atoms with Crippen molar-refractivity contribution in [3.63, 3.8) is 0 Å². The lowest BCUT2D eigenvalue weighted by Gasteiger charge is -2.33. The second kappa shape index (κ2) is 11.0. The monoisotopic (exact) mass is 551 g/mol. The first-order valence-electron chi connectivity index (χ1n) is 12.2. The number of nitrogens with one attached hydrogen (secondary N) is 1. The van der Waals surface area contributed by atoms with Crippen LogP contribution in [0.3, 0.4) is 0 Å². The Bertz CT molecular complexity index is 1330. The number of carbonyl (C=O) groups is 1. The van der Waals surface area contributed by atoms with Crippen LogP contribution in [0.15, 0.2) is 52.3 Å². The largest absolute Gasteiger partial charge is 0.444 e. The summed E-state index contributed by atoms with van der Waals surface area (Å²) in [6.45, 7) is 10.0. The fourth-order valence-corrected chi connectivity index (χ4v) is 7.05. The van der Waals surface area contributed by atoms with Crippen molar-refractivity contribution in [1.29, 1.82) is 0 Å². The van der Waals surface area contributed by atoms with Gasteiger partial charge in [0, 0.05) is 26.7 Å². The molecule has 1 N–H and O–H groups in total. The molecular formula is C26H37N3O6S2. The Morgan fingerprint density at radius 1 is 1.00 bits per heavy atom. The van der Waals surface area contributed by atoms with E-state index in [1.807, 2.05) is 39.8 Å². The van der Waals surface area contributed by atoms with Gasteiger partial charge in [-0.1, -0.05) is 23.8 Å². The van der Waals surface area contributed by atoms with Crippen molar-refractivity contribution in [2.75, 3.05) is 31.0 Å². The van der Waals surface area contributed by atoms with Gasteiger partial charge in [-0.15, -0.1) is 0 Å². The highest BCUT2D eigenvalue weighted by Crippen LogP contribution is 2.28. The van der Waals surface area contributed by atoms with Gasteiger partial charge in [0.1, 0.15) is 5.60 Å². The molecule has 1 aliphatic rings. The summed E-state index contributed by atoms with van der Waals surface area (Å²) in [5.41, 5.74) is 1.07. The quantitative estimate of drug-likeness (QED) is 0.555. The molecule has 0 aromatic heterocycles. The number of carbonyl (C=O) groups excluding carboxylic acids is 1. The first-order valence-corrected chi connectivity index (χ1v) is 15.2. The lowest BCUT2D eigenvalue weighted by atomic mass is 9.97. The molecule has 2 aromatic carbocycles. The maximum absolute atomic E-state index is 13.4. The van der Waals surface area contributed by atoms with E-state index in [2.05, 4.69) is 4.72 Å². The molecule has 204 valence electrons. The Balaban J connectivity index is 1.70. The number of hydrogen-bond donors (Lipinski definition) is 1. The standard InChI is InChI=1S/C26H37N3O6S2/c1-19-10-12-22(13-11-19)28(6)37(33,34)24-9-7-8-23(20(24)2)36(31,32)27-18-21-14-16-29(17-15-21)25(30)35-26(3,4)5/h7-13,21,27H,14-18H2,1-6H3. The number of anilines is 1. The van der Waals surface area contributed by atoms with Crippen LogP contribution < -0.4 is 9.03 Å². The van der Waals surface area contributed by atoms with E-state index in [0.29, 0.717) is 31.6 Å². The van der Waals surface area contributed by atoms with Gasteiger partial charge in [0.25, 0.3) is 10.0 Å². The summed E-state index contributed by atoms with van der Waals surface area (Å²) in [6, 6.07) is 11.3. The van der Waals surface area contributed by atoms with E-state index < -0.39 is 25.6 Å². The molecule has 11 heteroatoms. The highest BCUT2D eigenvalue weighted by atomic mass is 32.2. The van der Waals surface area contributed by atoms with Gasteiger partial charge in [-0.2, -0.15) is 0 Å². The number of nitrogens with zero attached hydrogens (tertiary/aromatic N) is 2. The summed E-state index contributed by atoms with van der Waals surface area (Å²) in [6.07, 6.45) is 0.906. The van der Waals surface area contributed by atoms with Gasteiger partial charge in [-0.05, 0) is 83.2 Å². The molecule has 0 spiro atoms. The summed E-state index contributed by atoms with van der Waals surface area (Å²) < 4.78 is 62.3. The molecule has 1 aliphatic heterocycles. The van der Waals surface area contributed by atoms with Gasteiger partial charge >= 0.3 is 6.09 Å². The fourth-order valence-electron chi connectivity index (χ4n) is 4.16. The van der Waals surface area contributed by atoms with E-state index in [1.165, 1.54) is 32.2 Å². The zero-order valence-corrected chi connectivity index (χ0v) is 23.9. The van der Waals surface area contributed by atoms with Crippen molar-refractivity contribution < 1.29 is 26.4 Å². The number of aryl methyl sites for hydroxylation is 1. The topological polar surface area (TPSA) is 113 Å². The molecular weight excluding hydrogens is 514 g/mol. The minimum atomic E-state index is -3.99. The average molecular weight is 552 g/mol. The summed E-state index contributed by atoms with van der Waals surface area (Å²) in [7, 11) is -6.50. The second-order valence-corrected chi connectivity index (χ2v) is 14.1. The van der Waals surface area contributed by atoms with Gasteiger partial charge in [-0.3, -0.25) is 4.31 Å². The molecule has 0 atom stereocenters. The van der Waals surface area contributed by atoms with E-state index in [9.17, 15) is 21.6 Å². The number of benzene rings is 2. The number of rotatable bonds is 7. The van der Waals surface area contributed by atoms with Crippen LogP contribution >= 0.6 is 0 Å². The van der Waals surface area contributed by atoms with Crippen LogP contribution in [0.1, 0.15) is 44.7 Å². The van der Waals surface area contributed by atoms with Crippen LogP contribution in [0.4, 0.5) is 10.5 Å². The number of piperidine rings is 1. The Labute approximate surface area is 220 Å². The van der Waals surface area contributed by atoms with E-state index in [0.717, 1.165) is 9.87 Å². The highest BCUT2D eigenvalue weighted by molar-refractivity contribution is 7.93. The summed E-state index contributed by atoms with van der Waals surface area (Å²) in [5.74, 6) is 0.0494. The summed E-state index contributed by atoms with van der Waals surface area (Å²) >= 11 is 0. The predicted molar refractivity (Wildman–Crippen MR) is 144 cm³/mol. The third-order valence-electron chi connectivity index (χ3n) is 6.39. The van der Waals surface area contributed by atoms with Gasteiger partial charge in [0.15, 0.2) is 0 Å². The lowest BCUT2D eigenvalue weighted by molar-refractivity contribution is 0.0185. The van der Waals surface area contributed by atoms with Crippen LogP contribution in [-0.4, -0.2) is 60.1 Å². The third kappa shape index (κ3) is 7.03. The molecule has 37 heavy (non-hydrogen) atoms. The third-order valence-corrected chi connectivity index (χ3v) is 9.89. The summed E-state index contributed by atoms with van der Waals surface area (Å²) in [5, 5.41) is 0. The smallest absolute Gasteiger partial charge is 0.410 e. The molecule has 1 fully saturated rings. The van der Waals surface area contributed by atoms with E-state index in [-0.39, 0.29) is 33.9 Å². The maximum Gasteiger partial charge on any atom is 0.410 e.